The van der Waals surface area contributed by atoms with E-state index in [0.29, 0.717) is 0 Å². The third-order valence-electron chi connectivity index (χ3n) is 6.10. The zero-order valence-corrected chi connectivity index (χ0v) is 17.7. The number of ether oxygens (including phenoxy) is 5. The topological polar surface area (TPSA) is 269 Å². The molecule has 15 atom stereocenters. The maximum absolute atomic E-state index is 10.6. The van der Waals surface area contributed by atoms with Crippen LogP contribution < -0.4 is 0 Å². The van der Waals surface area contributed by atoms with Crippen molar-refractivity contribution in [3.05, 3.63) is 0 Å². The zero-order chi connectivity index (χ0) is 25.3. The smallest absolute Gasteiger partial charge is 0.187 e. The summed E-state index contributed by atoms with van der Waals surface area (Å²) in [5.74, 6) is 0. The highest BCUT2D eigenvalue weighted by molar-refractivity contribution is 4.95. The summed E-state index contributed by atoms with van der Waals surface area (Å²) in [5.41, 5.74) is 0. The lowest BCUT2D eigenvalue weighted by atomic mass is 9.96. The van der Waals surface area contributed by atoms with Crippen LogP contribution in [0.1, 0.15) is 0 Å². The van der Waals surface area contributed by atoms with Gasteiger partial charge in [0.1, 0.15) is 73.2 Å². The average Bonchev–Trinajstić information content (AvgIpc) is 2.83. The van der Waals surface area contributed by atoms with Gasteiger partial charge in [0.25, 0.3) is 0 Å². The average molecular weight is 504 g/mol. The summed E-state index contributed by atoms with van der Waals surface area (Å²) in [6, 6.07) is 0. The van der Waals surface area contributed by atoms with Crippen molar-refractivity contribution >= 4 is 0 Å². The van der Waals surface area contributed by atoms with Crippen LogP contribution in [0.5, 0.6) is 0 Å². The van der Waals surface area contributed by atoms with Crippen molar-refractivity contribution in [1.82, 2.24) is 0 Å². The molecule has 0 aliphatic carbocycles. The number of aliphatic hydroxyl groups excluding tert-OH is 11. The molecule has 3 heterocycles. The summed E-state index contributed by atoms with van der Waals surface area (Å²) in [4.78, 5) is 0. The van der Waals surface area contributed by atoms with Gasteiger partial charge in [-0.15, -0.1) is 0 Å². The van der Waals surface area contributed by atoms with Gasteiger partial charge in [-0.3, -0.25) is 0 Å². The van der Waals surface area contributed by atoms with Gasteiger partial charge < -0.3 is 79.9 Å². The van der Waals surface area contributed by atoms with E-state index in [1.54, 1.807) is 0 Å². The van der Waals surface area contributed by atoms with Crippen LogP contribution in [-0.2, 0) is 23.7 Å². The Balaban J connectivity index is 1.82. The van der Waals surface area contributed by atoms with Crippen LogP contribution in [0.3, 0.4) is 0 Å². The summed E-state index contributed by atoms with van der Waals surface area (Å²) in [6.07, 6.45) is -25.7. The Morgan fingerprint density at radius 3 is 1.38 bits per heavy atom. The van der Waals surface area contributed by atoms with Crippen molar-refractivity contribution in [2.45, 2.75) is 92.1 Å². The Morgan fingerprint density at radius 2 is 0.853 bits per heavy atom. The Hall–Kier alpha value is -0.640. The maximum atomic E-state index is 10.6. The summed E-state index contributed by atoms with van der Waals surface area (Å²) in [6.45, 7) is -2.31. The van der Waals surface area contributed by atoms with Crippen molar-refractivity contribution in [2.24, 2.45) is 0 Å². The molecule has 3 saturated heterocycles. The van der Waals surface area contributed by atoms with E-state index in [9.17, 15) is 56.2 Å². The molecule has 0 saturated carbocycles. The third-order valence-corrected chi connectivity index (χ3v) is 6.10. The van der Waals surface area contributed by atoms with Crippen molar-refractivity contribution in [1.29, 1.82) is 0 Å². The first-order valence-electron chi connectivity index (χ1n) is 10.6. The SMILES string of the molecule is OC[C@H]1O[C@@H](O[C@H]2[C@H](O[C@H]3C(O)O[C@H](CO)[C@@H](O)[C@@H]3O)O[C@H](CO)[C@@H](O)[C@@H]2O)[C@H](O)[C@@H](O)[C@@H]1O. The molecule has 34 heavy (non-hydrogen) atoms. The molecular weight excluding hydrogens is 472 g/mol. The minimum absolute atomic E-state index is 0.734. The van der Waals surface area contributed by atoms with Crippen LogP contribution in [0, 0.1) is 0 Å². The predicted molar refractivity (Wildman–Crippen MR) is 101 cm³/mol. The molecule has 3 fully saturated rings. The number of rotatable bonds is 7. The molecule has 16 heteroatoms. The maximum Gasteiger partial charge on any atom is 0.187 e. The molecule has 200 valence electrons. The fourth-order valence-corrected chi connectivity index (χ4v) is 4.02. The van der Waals surface area contributed by atoms with Crippen LogP contribution in [0.15, 0.2) is 0 Å². The van der Waals surface area contributed by atoms with Gasteiger partial charge in [0.15, 0.2) is 18.9 Å². The second-order valence-electron chi connectivity index (χ2n) is 8.33. The second kappa shape index (κ2) is 11.6. The van der Waals surface area contributed by atoms with Crippen LogP contribution in [0.25, 0.3) is 0 Å². The lowest BCUT2D eigenvalue weighted by Crippen LogP contribution is -2.66. The van der Waals surface area contributed by atoms with Crippen LogP contribution in [-0.4, -0.2) is 168 Å². The van der Waals surface area contributed by atoms with E-state index in [1.165, 1.54) is 0 Å². The molecule has 11 N–H and O–H groups in total. The molecule has 3 aliphatic rings. The molecule has 0 bridgehead atoms. The van der Waals surface area contributed by atoms with Gasteiger partial charge in [-0.05, 0) is 0 Å². The molecule has 1 unspecified atom stereocenters. The standard InChI is InChI=1S/C18H32O16/c19-1-4-8(23)11(26)14(16(29)30-4)33-18-15(12(27)9(24)6(3-21)32-18)34-17-13(28)10(25)7(22)5(2-20)31-17/h4-29H,1-3H2/t4-,5-,6-,7-,8-,9-,10+,11+,12+,13-,14-,15-,16?,17+,18+/m1/s1. The van der Waals surface area contributed by atoms with E-state index in [0.717, 1.165) is 0 Å². The molecule has 0 aromatic heterocycles. The van der Waals surface area contributed by atoms with E-state index < -0.39 is 112 Å². The third kappa shape index (κ3) is 5.37. The van der Waals surface area contributed by atoms with Crippen molar-refractivity contribution < 1.29 is 79.9 Å². The van der Waals surface area contributed by atoms with Gasteiger partial charge in [-0.1, -0.05) is 0 Å². The summed E-state index contributed by atoms with van der Waals surface area (Å²) in [5, 5.41) is 109. The minimum Gasteiger partial charge on any atom is -0.394 e. The van der Waals surface area contributed by atoms with Gasteiger partial charge in [0.2, 0.25) is 0 Å². The Labute approximate surface area is 192 Å². The molecule has 0 amide bonds. The van der Waals surface area contributed by atoms with Crippen molar-refractivity contribution in [3.8, 4) is 0 Å². The Morgan fingerprint density at radius 1 is 0.441 bits per heavy atom. The quantitative estimate of drug-likeness (QED) is 0.154. The Kier molecular flexibility index (Phi) is 9.54. The van der Waals surface area contributed by atoms with E-state index in [1.807, 2.05) is 0 Å². The van der Waals surface area contributed by atoms with Gasteiger partial charge in [0, 0.05) is 0 Å². The van der Waals surface area contributed by atoms with Crippen LogP contribution in [0.2, 0.25) is 0 Å². The van der Waals surface area contributed by atoms with Gasteiger partial charge in [0.05, 0.1) is 19.8 Å². The van der Waals surface area contributed by atoms with E-state index in [4.69, 9.17) is 23.7 Å². The molecular formula is C18H32O16. The van der Waals surface area contributed by atoms with E-state index in [-0.39, 0.29) is 0 Å². The molecule has 0 aromatic carbocycles. The molecule has 0 aromatic rings. The second-order valence-corrected chi connectivity index (χ2v) is 8.33. The Bertz CT molecular complexity index is 639. The van der Waals surface area contributed by atoms with E-state index >= 15 is 0 Å². The number of hydrogen-bond acceptors (Lipinski definition) is 16. The lowest BCUT2D eigenvalue weighted by molar-refractivity contribution is -0.391. The number of hydrogen-bond donors (Lipinski definition) is 11. The summed E-state index contributed by atoms with van der Waals surface area (Å²) in [7, 11) is 0. The molecule has 16 nitrogen and oxygen atoms in total. The summed E-state index contributed by atoms with van der Waals surface area (Å²) >= 11 is 0. The molecule has 3 aliphatic heterocycles. The highest BCUT2D eigenvalue weighted by Crippen LogP contribution is 2.32. The largest absolute Gasteiger partial charge is 0.394 e. The lowest BCUT2D eigenvalue weighted by Gasteiger charge is -2.48. The number of aliphatic hydroxyl groups is 11. The van der Waals surface area contributed by atoms with Crippen molar-refractivity contribution in [2.75, 3.05) is 19.8 Å². The fourth-order valence-electron chi connectivity index (χ4n) is 4.02. The first-order valence-corrected chi connectivity index (χ1v) is 10.6. The summed E-state index contributed by atoms with van der Waals surface area (Å²) < 4.78 is 26.5. The zero-order valence-electron chi connectivity index (χ0n) is 17.7. The predicted octanol–water partition coefficient (Wildman–Crippen LogP) is -7.57. The van der Waals surface area contributed by atoms with Gasteiger partial charge in [-0.2, -0.15) is 0 Å². The minimum atomic E-state index is -1.90. The van der Waals surface area contributed by atoms with Gasteiger partial charge >= 0.3 is 0 Å². The highest BCUT2D eigenvalue weighted by Gasteiger charge is 2.53. The molecule has 3 rings (SSSR count). The van der Waals surface area contributed by atoms with Crippen molar-refractivity contribution in [3.63, 3.8) is 0 Å². The molecule has 0 spiro atoms. The fraction of sp³-hybridized carbons (Fsp3) is 1.00. The van der Waals surface area contributed by atoms with Gasteiger partial charge in [-0.25, -0.2) is 0 Å². The molecule has 0 radical (unpaired) electrons. The first kappa shape index (κ1) is 27.9. The van der Waals surface area contributed by atoms with Crippen LogP contribution in [0.4, 0.5) is 0 Å². The van der Waals surface area contributed by atoms with Crippen LogP contribution >= 0.6 is 0 Å². The highest BCUT2D eigenvalue weighted by atomic mass is 16.8. The monoisotopic (exact) mass is 504 g/mol. The normalized spacial score (nSPS) is 52.5. The van der Waals surface area contributed by atoms with E-state index in [2.05, 4.69) is 0 Å². The first-order chi connectivity index (χ1) is 16.0.